The van der Waals surface area contributed by atoms with E-state index in [4.69, 9.17) is 0 Å². The summed E-state index contributed by atoms with van der Waals surface area (Å²) in [6.07, 6.45) is 2.80. The number of hydrogen-bond donors (Lipinski definition) is 1. The molecule has 5 nitrogen and oxygen atoms in total. The summed E-state index contributed by atoms with van der Waals surface area (Å²) in [5, 5.41) is 0.525. The van der Waals surface area contributed by atoms with Crippen LogP contribution < -0.4 is 0 Å². The maximum Gasteiger partial charge on any atom is 0.501 e. The highest BCUT2D eigenvalue weighted by Crippen LogP contribution is 2.40. The number of aromatic nitrogens is 1. The molecule has 1 N–H and O–H groups in total. The number of unbranched alkanes of at least 4 members (excludes halogenated alkanes) is 1. The number of hydrogen-bond acceptors (Lipinski definition) is 4. The lowest BCUT2D eigenvalue weighted by atomic mass is 9.91. The van der Waals surface area contributed by atoms with Crippen molar-refractivity contribution in [2.24, 2.45) is 5.92 Å². The van der Waals surface area contributed by atoms with Gasteiger partial charge in [0.25, 0.3) is 19.7 Å². The standard InChI is InChI=1S/C22H23F6NO4S2/c1-3-5-6-13(4-2)11-17-19(35(32,33)22(26,27)28)10-9-16-15-8-7-14(12-18(15)29-20(16)17)34(30,31)21(23,24)25/h7-10,12-13,29H,3-6,11H2,1-2H3. The normalized spacial score (nSPS) is 14.6. The number of aromatic amines is 1. The molecule has 0 aliphatic carbocycles. The molecule has 0 radical (unpaired) electrons. The number of fused-ring (bicyclic) bond motifs is 3. The van der Waals surface area contributed by atoms with Gasteiger partial charge >= 0.3 is 11.0 Å². The van der Waals surface area contributed by atoms with Gasteiger partial charge in [-0.3, -0.25) is 0 Å². The molecule has 13 heteroatoms. The molecule has 3 rings (SSSR count). The van der Waals surface area contributed by atoms with Gasteiger partial charge in [-0.05, 0) is 36.1 Å². The first-order valence-corrected chi connectivity index (χ1v) is 13.7. The number of rotatable bonds is 8. The van der Waals surface area contributed by atoms with Crippen molar-refractivity contribution >= 4 is 41.5 Å². The lowest BCUT2D eigenvalue weighted by Gasteiger charge is -2.19. The molecular weight excluding hydrogens is 520 g/mol. The van der Waals surface area contributed by atoms with Crippen molar-refractivity contribution in [2.75, 3.05) is 0 Å². The average molecular weight is 544 g/mol. The summed E-state index contributed by atoms with van der Waals surface area (Å²) in [4.78, 5) is 0.729. The van der Waals surface area contributed by atoms with Crippen molar-refractivity contribution in [3.8, 4) is 0 Å². The summed E-state index contributed by atoms with van der Waals surface area (Å²) in [7, 11) is -11.4. The third-order valence-corrected chi connectivity index (χ3v) is 9.11. The monoisotopic (exact) mass is 543 g/mol. The van der Waals surface area contributed by atoms with Crippen LogP contribution in [0.1, 0.15) is 45.1 Å². The molecule has 1 atom stereocenters. The Kier molecular flexibility index (Phi) is 7.26. The van der Waals surface area contributed by atoms with Gasteiger partial charge in [-0.25, -0.2) is 16.8 Å². The Labute approximate surface area is 198 Å². The second-order valence-corrected chi connectivity index (χ2v) is 12.2. The molecule has 0 spiro atoms. The molecule has 35 heavy (non-hydrogen) atoms. The third-order valence-electron chi connectivity index (χ3n) is 6.06. The number of sulfone groups is 2. The van der Waals surface area contributed by atoms with Crippen LogP contribution in [0, 0.1) is 5.92 Å². The van der Waals surface area contributed by atoms with E-state index in [0.29, 0.717) is 12.8 Å². The van der Waals surface area contributed by atoms with Crippen molar-refractivity contribution in [1.82, 2.24) is 4.98 Å². The molecule has 1 heterocycles. The van der Waals surface area contributed by atoms with Crippen LogP contribution in [-0.4, -0.2) is 32.8 Å². The van der Waals surface area contributed by atoms with Crippen LogP contribution in [0.25, 0.3) is 21.8 Å². The molecular formula is C22H23F6NO4S2. The zero-order valence-electron chi connectivity index (χ0n) is 18.7. The van der Waals surface area contributed by atoms with Gasteiger partial charge in [0.2, 0.25) is 0 Å². The van der Waals surface area contributed by atoms with Crippen LogP contribution in [0.5, 0.6) is 0 Å². The second kappa shape index (κ2) is 9.30. The molecule has 0 aliphatic rings. The number of H-pyrrole nitrogens is 1. The van der Waals surface area contributed by atoms with Crippen LogP contribution in [0.15, 0.2) is 40.1 Å². The Hall–Kier alpha value is -2.28. The van der Waals surface area contributed by atoms with E-state index < -0.39 is 40.5 Å². The molecule has 0 amide bonds. The van der Waals surface area contributed by atoms with Crippen LogP contribution in [0.2, 0.25) is 0 Å². The lowest BCUT2D eigenvalue weighted by Crippen LogP contribution is -2.25. The van der Waals surface area contributed by atoms with E-state index in [9.17, 15) is 43.2 Å². The fourth-order valence-electron chi connectivity index (χ4n) is 4.10. The first kappa shape index (κ1) is 27.3. The average Bonchev–Trinajstić information content (AvgIpc) is 3.13. The molecule has 1 unspecified atom stereocenters. The molecule has 0 bridgehead atoms. The minimum atomic E-state index is -5.73. The summed E-state index contributed by atoms with van der Waals surface area (Å²) in [5.41, 5.74) is -11.3. The van der Waals surface area contributed by atoms with Gasteiger partial charge in [0, 0.05) is 16.3 Å². The zero-order valence-corrected chi connectivity index (χ0v) is 20.3. The van der Waals surface area contributed by atoms with Gasteiger partial charge in [-0.1, -0.05) is 51.7 Å². The largest absolute Gasteiger partial charge is 0.501 e. The van der Waals surface area contributed by atoms with Gasteiger partial charge in [0.1, 0.15) is 0 Å². The van der Waals surface area contributed by atoms with Crippen LogP contribution in [0.4, 0.5) is 26.3 Å². The Morgan fingerprint density at radius 2 is 1.46 bits per heavy atom. The van der Waals surface area contributed by atoms with Gasteiger partial charge in [-0.2, -0.15) is 26.3 Å². The number of benzene rings is 2. The van der Waals surface area contributed by atoms with Crippen molar-refractivity contribution in [1.29, 1.82) is 0 Å². The van der Waals surface area contributed by atoms with Gasteiger partial charge in [0.15, 0.2) is 0 Å². The van der Waals surface area contributed by atoms with E-state index in [1.165, 1.54) is 0 Å². The summed E-state index contributed by atoms with van der Waals surface area (Å²) in [6.45, 7) is 3.77. The summed E-state index contributed by atoms with van der Waals surface area (Å²) in [5.74, 6) is -0.143. The summed E-state index contributed by atoms with van der Waals surface area (Å²) in [6, 6.07) is 4.60. The summed E-state index contributed by atoms with van der Waals surface area (Å²) >= 11 is 0. The third kappa shape index (κ3) is 4.89. The quantitative estimate of drug-likeness (QED) is 0.322. The van der Waals surface area contributed by atoms with Crippen molar-refractivity contribution < 1.29 is 43.2 Å². The minimum absolute atomic E-state index is 0.0149. The molecule has 3 aromatic rings. The van der Waals surface area contributed by atoms with E-state index in [-0.39, 0.29) is 39.7 Å². The molecule has 0 saturated carbocycles. The fraction of sp³-hybridized carbons (Fsp3) is 0.455. The predicted molar refractivity (Wildman–Crippen MR) is 119 cm³/mol. The molecule has 1 aromatic heterocycles. The predicted octanol–water partition coefficient (Wildman–Crippen LogP) is 6.67. The van der Waals surface area contributed by atoms with Gasteiger partial charge < -0.3 is 4.98 Å². The first-order chi connectivity index (χ1) is 16.1. The van der Waals surface area contributed by atoms with Gasteiger partial charge in [-0.15, -0.1) is 0 Å². The maximum absolute atomic E-state index is 13.5. The lowest BCUT2D eigenvalue weighted by molar-refractivity contribution is -0.0442. The van der Waals surface area contributed by atoms with Crippen LogP contribution in [-0.2, 0) is 26.1 Å². The van der Waals surface area contributed by atoms with E-state index >= 15 is 0 Å². The van der Waals surface area contributed by atoms with Crippen molar-refractivity contribution in [2.45, 2.75) is 66.8 Å². The Morgan fingerprint density at radius 3 is 2.00 bits per heavy atom. The highest BCUT2D eigenvalue weighted by molar-refractivity contribution is 7.92. The van der Waals surface area contributed by atoms with Crippen molar-refractivity contribution in [3.63, 3.8) is 0 Å². The van der Waals surface area contributed by atoms with E-state index in [0.717, 1.165) is 43.2 Å². The fourth-order valence-corrected chi connectivity index (χ4v) is 5.90. The van der Waals surface area contributed by atoms with E-state index in [2.05, 4.69) is 4.98 Å². The zero-order chi connectivity index (χ0) is 26.4. The minimum Gasteiger partial charge on any atom is -0.354 e. The first-order valence-electron chi connectivity index (χ1n) is 10.8. The Morgan fingerprint density at radius 1 is 0.857 bits per heavy atom. The molecule has 2 aromatic carbocycles. The number of alkyl halides is 6. The number of halogens is 6. The molecule has 0 saturated heterocycles. The highest BCUT2D eigenvalue weighted by Gasteiger charge is 2.49. The summed E-state index contributed by atoms with van der Waals surface area (Å²) < 4.78 is 128. The number of nitrogens with one attached hydrogen (secondary N) is 1. The Balaban J connectivity index is 2.32. The maximum atomic E-state index is 13.5. The highest BCUT2D eigenvalue weighted by atomic mass is 32.2. The van der Waals surface area contributed by atoms with Crippen LogP contribution >= 0.6 is 0 Å². The van der Waals surface area contributed by atoms with Crippen LogP contribution in [0.3, 0.4) is 0 Å². The van der Waals surface area contributed by atoms with E-state index in [1.54, 1.807) is 0 Å². The SMILES string of the molecule is CCCCC(CC)Cc1c(S(=O)(=O)C(F)(F)F)ccc2c1[nH]c1cc(S(=O)(=O)C(F)(F)F)ccc12. The molecule has 194 valence electrons. The Bertz CT molecular complexity index is 1460. The van der Waals surface area contributed by atoms with Crippen molar-refractivity contribution in [3.05, 3.63) is 35.9 Å². The topological polar surface area (TPSA) is 84.1 Å². The second-order valence-electron chi connectivity index (χ2n) is 8.32. The van der Waals surface area contributed by atoms with Gasteiger partial charge in [0.05, 0.1) is 15.3 Å². The smallest absolute Gasteiger partial charge is 0.354 e. The van der Waals surface area contributed by atoms with E-state index in [1.807, 2.05) is 13.8 Å². The molecule has 0 fully saturated rings. The molecule has 0 aliphatic heterocycles.